The molecule has 1 heterocycles. The van der Waals surface area contributed by atoms with Gasteiger partial charge in [-0.25, -0.2) is 0 Å². The second kappa shape index (κ2) is 3.64. The van der Waals surface area contributed by atoms with E-state index in [4.69, 9.17) is 17.3 Å². The molecule has 0 radical (unpaired) electrons. The molecule has 0 bridgehead atoms. The van der Waals surface area contributed by atoms with E-state index in [1.165, 1.54) is 6.20 Å². The predicted octanol–water partition coefficient (Wildman–Crippen LogP) is 2.38. The van der Waals surface area contributed by atoms with Crippen molar-refractivity contribution in [3.8, 4) is 11.3 Å². The number of aromatic nitrogens is 2. The lowest BCUT2D eigenvalue weighted by atomic mass is 10.1. The second-order valence-corrected chi connectivity index (χ2v) is 3.26. The molecule has 0 unspecified atom stereocenters. The van der Waals surface area contributed by atoms with E-state index in [2.05, 4.69) is 10.2 Å². The van der Waals surface area contributed by atoms with Gasteiger partial charge in [0.2, 0.25) is 0 Å². The van der Waals surface area contributed by atoms with Crippen LogP contribution in [-0.2, 0) is 0 Å². The minimum atomic E-state index is 0.579. The fourth-order valence-corrected chi connectivity index (χ4v) is 1.41. The van der Waals surface area contributed by atoms with Gasteiger partial charge >= 0.3 is 0 Å². The van der Waals surface area contributed by atoms with Gasteiger partial charge in [0.1, 0.15) is 0 Å². The number of benzene rings is 1. The van der Waals surface area contributed by atoms with E-state index < -0.39 is 0 Å². The Labute approximate surface area is 86.5 Å². The number of nitrogens with zero attached hydrogens (tertiary/aromatic N) is 2. The van der Waals surface area contributed by atoms with Crippen LogP contribution in [0.4, 0.5) is 5.69 Å². The van der Waals surface area contributed by atoms with Crippen LogP contribution in [0.25, 0.3) is 11.3 Å². The fraction of sp³-hybridized carbons (Fsp3) is 0. The van der Waals surface area contributed by atoms with Crippen molar-refractivity contribution in [1.82, 2.24) is 10.2 Å². The number of rotatable bonds is 1. The molecule has 2 N–H and O–H groups in total. The summed E-state index contributed by atoms with van der Waals surface area (Å²) in [6.45, 7) is 0. The van der Waals surface area contributed by atoms with Crippen LogP contribution in [0.5, 0.6) is 0 Å². The van der Waals surface area contributed by atoms with E-state index in [0.717, 1.165) is 5.56 Å². The first-order valence-corrected chi connectivity index (χ1v) is 4.48. The first-order valence-electron chi connectivity index (χ1n) is 4.10. The third kappa shape index (κ3) is 1.67. The van der Waals surface area contributed by atoms with Crippen molar-refractivity contribution in [2.45, 2.75) is 0 Å². The third-order valence-electron chi connectivity index (χ3n) is 1.83. The third-order valence-corrected chi connectivity index (χ3v) is 2.16. The Morgan fingerprint density at radius 1 is 1.21 bits per heavy atom. The van der Waals surface area contributed by atoms with Crippen molar-refractivity contribution in [3.63, 3.8) is 0 Å². The quantitative estimate of drug-likeness (QED) is 0.778. The SMILES string of the molecule is Nc1cnnc(-c2ccccc2Cl)c1. The van der Waals surface area contributed by atoms with Crippen LogP contribution in [0, 0.1) is 0 Å². The molecule has 3 nitrogen and oxygen atoms in total. The molecule has 1 aromatic heterocycles. The van der Waals surface area contributed by atoms with Gasteiger partial charge in [-0.1, -0.05) is 29.8 Å². The summed E-state index contributed by atoms with van der Waals surface area (Å²) in [6, 6.07) is 9.19. The Hall–Kier alpha value is -1.61. The van der Waals surface area contributed by atoms with Crippen LogP contribution in [0.2, 0.25) is 5.02 Å². The van der Waals surface area contributed by atoms with Gasteiger partial charge in [-0.05, 0) is 12.1 Å². The van der Waals surface area contributed by atoms with Gasteiger partial charge in [-0.3, -0.25) is 0 Å². The van der Waals surface area contributed by atoms with Crippen LogP contribution in [0.1, 0.15) is 0 Å². The molecule has 2 aromatic rings. The molecule has 14 heavy (non-hydrogen) atoms. The molecular weight excluding hydrogens is 198 g/mol. The zero-order valence-electron chi connectivity index (χ0n) is 7.31. The van der Waals surface area contributed by atoms with Gasteiger partial charge in [0.05, 0.1) is 22.6 Å². The number of hydrogen-bond acceptors (Lipinski definition) is 3. The molecule has 0 aliphatic rings. The molecule has 0 saturated carbocycles. The average Bonchev–Trinajstić information content (AvgIpc) is 2.18. The van der Waals surface area contributed by atoms with Gasteiger partial charge in [0.15, 0.2) is 0 Å². The highest BCUT2D eigenvalue weighted by Crippen LogP contribution is 2.25. The van der Waals surface area contributed by atoms with Crippen molar-refractivity contribution in [1.29, 1.82) is 0 Å². The number of halogens is 1. The lowest BCUT2D eigenvalue weighted by molar-refractivity contribution is 1.04. The molecule has 0 spiro atoms. The summed E-state index contributed by atoms with van der Waals surface area (Å²) in [5, 5.41) is 8.37. The Bertz CT molecular complexity index is 457. The summed E-state index contributed by atoms with van der Waals surface area (Å²) in [6.07, 6.45) is 1.50. The second-order valence-electron chi connectivity index (χ2n) is 2.85. The standard InChI is InChI=1S/C10H8ClN3/c11-9-4-2-1-3-8(9)10-5-7(12)6-13-14-10/h1-6H,(H2,12,14). The van der Waals surface area contributed by atoms with Gasteiger partial charge in [0, 0.05) is 5.56 Å². The van der Waals surface area contributed by atoms with Crippen LogP contribution < -0.4 is 5.73 Å². The van der Waals surface area contributed by atoms with Crippen molar-refractivity contribution >= 4 is 17.3 Å². The monoisotopic (exact) mass is 205 g/mol. The summed E-state index contributed by atoms with van der Waals surface area (Å²) < 4.78 is 0. The molecule has 70 valence electrons. The summed E-state index contributed by atoms with van der Waals surface area (Å²) in [5.41, 5.74) is 7.71. The Balaban J connectivity index is 2.55. The number of nitrogen functional groups attached to an aromatic ring is 1. The highest BCUT2D eigenvalue weighted by molar-refractivity contribution is 6.33. The topological polar surface area (TPSA) is 51.8 Å². The van der Waals surface area contributed by atoms with Crippen LogP contribution in [-0.4, -0.2) is 10.2 Å². The average molecular weight is 206 g/mol. The zero-order valence-corrected chi connectivity index (χ0v) is 8.07. The van der Waals surface area contributed by atoms with Crippen LogP contribution in [0.3, 0.4) is 0 Å². The Morgan fingerprint density at radius 3 is 2.71 bits per heavy atom. The lowest BCUT2D eigenvalue weighted by Crippen LogP contribution is -1.92. The lowest BCUT2D eigenvalue weighted by Gasteiger charge is -2.02. The number of hydrogen-bond donors (Lipinski definition) is 1. The summed E-state index contributed by atoms with van der Waals surface area (Å²) in [7, 11) is 0. The smallest absolute Gasteiger partial charge is 0.0965 e. The van der Waals surface area contributed by atoms with Gasteiger partial charge in [-0.15, -0.1) is 0 Å². The van der Waals surface area contributed by atoms with Gasteiger partial charge in [0.25, 0.3) is 0 Å². The minimum Gasteiger partial charge on any atom is -0.397 e. The molecule has 0 saturated heterocycles. The largest absolute Gasteiger partial charge is 0.397 e. The highest BCUT2D eigenvalue weighted by atomic mass is 35.5. The van der Waals surface area contributed by atoms with E-state index in [9.17, 15) is 0 Å². The zero-order chi connectivity index (χ0) is 9.97. The predicted molar refractivity (Wildman–Crippen MR) is 56.9 cm³/mol. The Morgan fingerprint density at radius 2 is 2.00 bits per heavy atom. The summed E-state index contributed by atoms with van der Waals surface area (Å²) in [4.78, 5) is 0. The molecule has 0 aliphatic carbocycles. The van der Waals surface area contributed by atoms with Gasteiger partial charge in [-0.2, -0.15) is 10.2 Å². The molecule has 0 amide bonds. The highest BCUT2D eigenvalue weighted by Gasteiger charge is 2.04. The molecule has 4 heteroatoms. The van der Waals surface area contributed by atoms with E-state index in [1.807, 2.05) is 24.3 Å². The number of nitrogens with two attached hydrogens (primary N) is 1. The van der Waals surface area contributed by atoms with Crippen molar-refractivity contribution in [2.24, 2.45) is 0 Å². The molecule has 2 rings (SSSR count). The maximum Gasteiger partial charge on any atom is 0.0965 e. The molecule has 0 atom stereocenters. The number of anilines is 1. The molecule has 0 aliphatic heterocycles. The first kappa shape index (κ1) is 8.97. The van der Waals surface area contributed by atoms with E-state index in [-0.39, 0.29) is 0 Å². The van der Waals surface area contributed by atoms with Crippen LogP contribution in [0.15, 0.2) is 36.5 Å². The fourth-order valence-electron chi connectivity index (χ4n) is 1.18. The summed E-state index contributed by atoms with van der Waals surface area (Å²) >= 11 is 6.00. The first-order chi connectivity index (χ1) is 6.77. The summed E-state index contributed by atoms with van der Waals surface area (Å²) in [5.74, 6) is 0. The Kier molecular flexibility index (Phi) is 2.33. The minimum absolute atomic E-state index is 0.579. The van der Waals surface area contributed by atoms with Crippen molar-refractivity contribution < 1.29 is 0 Å². The molecule has 0 fully saturated rings. The van der Waals surface area contributed by atoms with Crippen molar-refractivity contribution in [2.75, 3.05) is 5.73 Å². The van der Waals surface area contributed by atoms with Crippen molar-refractivity contribution in [3.05, 3.63) is 41.6 Å². The molecular formula is C10H8ClN3. The van der Waals surface area contributed by atoms with E-state index in [1.54, 1.807) is 6.07 Å². The molecule has 1 aromatic carbocycles. The van der Waals surface area contributed by atoms with Gasteiger partial charge < -0.3 is 5.73 Å². The van der Waals surface area contributed by atoms with E-state index in [0.29, 0.717) is 16.4 Å². The van der Waals surface area contributed by atoms with Crippen LogP contribution >= 0.6 is 11.6 Å². The maximum atomic E-state index is 6.00. The van der Waals surface area contributed by atoms with E-state index >= 15 is 0 Å². The normalized spacial score (nSPS) is 10.1. The maximum absolute atomic E-state index is 6.00.